The first-order valence-electron chi connectivity index (χ1n) is 6.78. The summed E-state index contributed by atoms with van der Waals surface area (Å²) in [7, 11) is 3.27. The molecule has 1 fully saturated rings. The number of benzene rings is 1. The van der Waals surface area contributed by atoms with E-state index in [1.807, 2.05) is 6.07 Å². The zero-order valence-corrected chi connectivity index (χ0v) is 12.6. The molecule has 0 atom stereocenters. The Bertz CT molecular complexity index is 442. The van der Waals surface area contributed by atoms with Gasteiger partial charge in [0.25, 0.3) is 0 Å². The third-order valence-corrected chi connectivity index (χ3v) is 4.29. The Morgan fingerprint density at radius 2 is 1.95 bits per heavy atom. The van der Waals surface area contributed by atoms with Gasteiger partial charge in [-0.1, -0.05) is 11.6 Å². The van der Waals surface area contributed by atoms with Gasteiger partial charge in [0.1, 0.15) is 0 Å². The summed E-state index contributed by atoms with van der Waals surface area (Å²) in [6.07, 6.45) is 3.45. The van der Waals surface area contributed by atoms with Crippen molar-refractivity contribution < 1.29 is 9.47 Å². The molecule has 1 aromatic rings. The molecular weight excluding hydrogens is 262 g/mol. The van der Waals surface area contributed by atoms with Gasteiger partial charge in [0.2, 0.25) is 0 Å². The van der Waals surface area contributed by atoms with Crippen molar-refractivity contribution in [3.8, 4) is 11.5 Å². The molecule has 0 unspecified atom stereocenters. The minimum atomic E-state index is 0.652. The molecule has 0 aliphatic carbocycles. The largest absolute Gasteiger partial charge is 0.493 e. The van der Waals surface area contributed by atoms with E-state index in [0.29, 0.717) is 22.4 Å². The normalized spacial score (nSPS) is 16.4. The van der Waals surface area contributed by atoms with Crippen LogP contribution in [0.2, 0.25) is 5.02 Å². The van der Waals surface area contributed by atoms with E-state index < -0.39 is 0 Å². The van der Waals surface area contributed by atoms with Crippen LogP contribution in [-0.2, 0) is 6.42 Å². The Kier molecular flexibility index (Phi) is 4.94. The zero-order valence-electron chi connectivity index (χ0n) is 11.9. The van der Waals surface area contributed by atoms with E-state index >= 15 is 0 Å². The monoisotopic (exact) mass is 283 g/mol. The van der Waals surface area contributed by atoms with Gasteiger partial charge in [0.15, 0.2) is 11.5 Å². The highest BCUT2D eigenvalue weighted by Gasteiger charge is 2.20. The van der Waals surface area contributed by atoms with Gasteiger partial charge < -0.3 is 14.8 Å². The molecule has 19 heavy (non-hydrogen) atoms. The highest BCUT2D eigenvalue weighted by atomic mass is 35.5. The Hall–Kier alpha value is -0.930. The van der Waals surface area contributed by atoms with Crippen LogP contribution in [-0.4, -0.2) is 27.3 Å². The molecule has 0 saturated carbocycles. The lowest BCUT2D eigenvalue weighted by Crippen LogP contribution is -2.28. The van der Waals surface area contributed by atoms with E-state index in [1.165, 1.54) is 24.0 Å². The van der Waals surface area contributed by atoms with Gasteiger partial charge in [0, 0.05) is 0 Å². The first-order chi connectivity index (χ1) is 9.17. The molecule has 1 aromatic carbocycles. The van der Waals surface area contributed by atoms with Crippen LogP contribution in [0.25, 0.3) is 0 Å². The zero-order chi connectivity index (χ0) is 13.8. The number of nitrogens with one attached hydrogen (secondary N) is 1. The average molecular weight is 284 g/mol. The fourth-order valence-corrected chi connectivity index (χ4v) is 3.13. The first kappa shape index (κ1) is 14.5. The van der Waals surface area contributed by atoms with E-state index in [1.54, 1.807) is 14.2 Å². The molecule has 0 bridgehead atoms. The molecule has 1 saturated heterocycles. The van der Waals surface area contributed by atoms with Gasteiger partial charge in [-0.3, -0.25) is 0 Å². The number of methoxy groups -OCH3 is 2. The number of aryl methyl sites for hydroxylation is 1. The summed E-state index contributed by atoms with van der Waals surface area (Å²) < 4.78 is 10.7. The van der Waals surface area contributed by atoms with E-state index in [2.05, 4.69) is 12.2 Å². The van der Waals surface area contributed by atoms with Gasteiger partial charge in [0.05, 0.1) is 19.2 Å². The van der Waals surface area contributed by atoms with Crippen LogP contribution in [0.4, 0.5) is 0 Å². The van der Waals surface area contributed by atoms with Gasteiger partial charge in [-0.15, -0.1) is 0 Å². The summed E-state index contributed by atoms with van der Waals surface area (Å²) in [5.41, 5.74) is 2.38. The summed E-state index contributed by atoms with van der Waals surface area (Å²) in [5, 5.41) is 4.10. The molecule has 1 aliphatic rings. The minimum absolute atomic E-state index is 0.652. The lowest BCUT2D eigenvalue weighted by Gasteiger charge is -2.24. The lowest BCUT2D eigenvalue weighted by molar-refractivity contribution is 0.351. The van der Waals surface area contributed by atoms with Gasteiger partial charge in [-0.2, -0.15) is 0 Å². The van der Waals surface area contributed by atoms with Crippen LogP contribution in [0.5, 0.6) is 11.5 Å². The fraction of sp³-hybridized carbons (Fsp3) is 0.600. The molecule has 106 valence electrons. The average Bonchev–Trinajstić information content (AvgIpc) is 2.44. The number of hydrogen-bond acceptors (Lipinski definition) is 3. The van der Waals surface area contributed by atoms with Crippen LogP contribution in [0.3, 0.4) is 0 Å². The van der Waals surface area contributed by atoms with Crippen molar-refractivity contribution in [2.45, 2.75) is 26.2 Å². The summed E-state index contributed by atoms with van der Waals surface area (Å²) in [6, 6.07) is 2.02. The molecule has 1 heterocycles. The molecule has 3 nitrogen and oxygen atoms in total. The number of hydrogen-bond donors (Lipinski definition) is 1. The molecular formula is C15H22ClNO2. The van der Waals surface area contributed by atoms with E-state index in [-0.39, 0.29) is 0 Å². The Morgan fingerprint density at radius 3 is 2.53 bits per heavy atom. The Morgan fingerprint density at radius 1 is 1.26 bits per heavy atom. The smallest absolute Gasteiger partial charge is 0.179 e. The predicted octanol–water partition coefficient (Wildman–Crippen LogP) is 3.21. The van der Waals surface area contributed by atoms with E-state index in [4.69, 9.17) is 21.1 Å². The van der Waals surface area contributed by atoms with Gasteiger partial charge >= 0.3 is 0 Å². The summed E-state index contributed by atoms with van der Waals surface area (Å²) >= 11 is 6.50. The van der Waals surface area contributed by atoms with Crippen molar-refractivity contribution in [2.75, 3.05) is 27.3 Å². The van der Waals surface area contributed by atoms with Gasteiger partial charge in [-0.25, -0.2) is 0 Å². The highest BCUT2D eigenvalue weighted by molar-refractivity contribution is 6.33. The van der Waals surface area contributed by atoms with E-state index in [9.17, 15) is 0 Å². The molecule has 1 aliphatic heterocycles. The number of piperidine rings is 1. The molecule has 0 radical (unpaired) electrons. The maximum Gasteiger partial charge on any atom is 0.179 e. The number of ether oxygens (including phenoxy) is 2. The second-order valence-corrected chi connectivity index (χ2v) is 5.50. The number of halogens is 1. The van der Waals surface area contributed by atoms with Crippen LogP contribution in [0.1, 0.15) is 24.0 Å². The van der Waals surface area contributed by atoms with Crippen LogP contribution < -0.4 is 14.8 Å². The summed E-state index contributed by atoms with van der Waals surface area (Å²) in [4.78, 5) is 0. The Balaban J connectivity index is 2.28. The summed E-state index contributed by atoms with van der Waals surface area (Å²) in [6.45, 7) is 4.30. The minimum Gasteiger partial charge on any atom is -0.493 e. The molecule has 0 spiro atoms. The second-order valence-electron chi connectivity index (χ2n) is 5.12. The van der Waals surface area contributed by atoms with Crippen LogP contribution in [0.15, 0.2) is 6.07 Å². The van der Waals surface area contributed by atoms with Crippen molar-refractivity contribution in [3.05, 3.63) is 22.2 Å². The first-order valence-corrected chi connectivity index (χ1v) is 7.15. The topological polar surface area (TPSA) is 30.5 Å². The third kappa shape index (κ3) is 3.15. The predicted molar refractivity (Wildman–Crippen MR) is 78.6 cm³/mol. The van der Waals surface area contributed by atoms with Crippen LogP contribution >= 0.6 is 11.6 Å². The molecule has 1 N–H and O–H groups in total. The standard InChI is InChI=1S/C15H22ClNO2/c1-10-8-13(18-2)15(19-3)14(16)12(10)9-11-4-6-17-7-5-11/h8,11,17H,4-7,9H2,1-3H3. The van der Waals surface area contributed by atoms with E-state index in [0.717, 1.165) is 19.5 Å². The maximum absolute atomic E-state index is 6.50. The van der Waals surface area contributed by atoms with Crippen LogP contribution in [0, 0.1) is 12.8 Å². The second kappa shape index (κ2) is 6.49. The lowest BCUT2D eigenvalue weighted by atomic mass is 9.89. The van der Waals surface area contributed by atoms with Crippen molar-refractivity contribution in [1.82, 2.24) is 5.32 Å². The van der Waals surface area contributed by atoms with Crippen molar-refractivity contribution in [1.29, 1.82) is 0 Å². The molecule has 4 heteroatoms. The fourth-order valence-electron chi connectivity index (χ4n) is 2.73. The van der Waals surface area contributed by atoms with Crippen molar-refractivity contribution in [3.63, 3.8) is 0 Å². The molecule has 2 rings (SSSR count). The van der Waals surface area contributed by atoms with Crippen molar-refractivity contribution >= 4 is 11.6 Å². The maximum atomic E-state index is 6.50. The molecule has 0 aromatic heterocycles. The van der Waals surface area contributed by atoms with Crippen molar-refractivity contribution in [2.24, 2.45) is 5.92 Å². The molecule has 0 amide bonds. The highest BCUT2D eigenvalue weighted by Crippen LogP contribution is 2.40. The summed E-state index contributed by atoms with van der Waals surface area (Å²) in [5.74, 6) is 2.06. The quantitative estimate of drug-likeness (QED) is 0.920. The SMILES string of the molecule is COc1cc(C)c(CC2CCNCC2)c(Cl)c1OC. The van der Waals surface area contributed by atoms with Gasteiger partial charge in [-0.05, 0) is 62.4 Å². The number of rotatable bonds is 4. The Labute approximate surface area is 120 Å². The third-order valence-electron chi connectivity index (χ3n) is 3.89.